The number of fused-ring (bicyclic) bond motifs is 1. The van der Waals surface area contributed by atoms with Gasteiger partial charge in [-0.05, 0) is 54.2 Å². The van der Waals surface area contributed by atoms with E-state index in [1.807, 2.05) is 6.92 Å². The Labute approximate surface area is 129 Å². The Balaban J connectivity index is 1.62. The number of amides is 2. The summed E-state index contributed by atoms with van der Waals surface area (Å²) in [5.41, 5.74) is 2.71. The highest BCUT2D eigenvalue weighted by Crippen LogP contribution is 2.20. The lowest BCUT2D eigenvalue weighted by atomic mass is 10.0. The fourth-order valence-corrected chi connectivity index (χ4v) is 2.86. The van der Waals surface area contributed by atoms with Crippen LogP contribution in [0.25, 0.3) is 0 Å². The lowest BCUT2D eigenvalue weighted by molar-refractivity contribution is 0.247. The fraction of sp³-hybridized carbons (Fsp3) is 0.467. The van der Waals surface area contributed by atoms with Gasteiger partial charge < -0.3 is 5.32 Å². The van der Waals surface area contributed by atoms with Crippen molar-refractivity contribution in [3.05, 3.63) is 35.4 Å². The highest BCUT2D eigenvalue weighted by molar-refractivity contribution is 5.87. The van der Waals surface area contributed by atoms with E-state index in [-0.39, 0.29) is 12.1 Å². The first kappa shape index (κ1) is 14.5. The number of nitrogens with one attached hydrogen (secondary N) is 2. The lowest BCUT2D eigenvalue weighted by Crippen LogP contribution is -2.39. The zero-order valence-corrected chi connectivity index (χ0v) is 12.6. The van der Waals surface area contributed by atoms with Crippen LogP contribution in [0.4, 0.5) is 10.7 Å². The minimum absolute atomic E-state index is 0.134. The number of hydrogen-bond donors (Lipinski definition) is 2. The van der Waals surface area contributed by atoms with Crippen LogP contribution in [0.1, 0.15) is 30.9 Å². The first-order chi connectivity index (χ1) is 10.8. The first-order valence-electron chi connectivity index (χ1n) is 7.66. The molecule has 116 valence electrons. The minimum atomic E-state index is -0.256. The highest BCUT2D eigenvalue weighted by atomic mass is 16.2. The van der Waals surface area contributed by atoms with Crippen LogP contribution in [-0.2, 0) is 19.4 Å². The summed E-state index contributed by atoms with van der Waals surface area (Å²) >= 11 is 0. The summed E-state index contributed by atoms with van der Waals surface area (Å²) in [6.07, 6.45) is 3.99. The summed E-state index contributed by atoms with van der Waals surface area (Å²) in [6.45, 7) is 2.53. The maximum absolute atomic E-state index is 12.1. The number of aromatic nitrogens is 4. The number of hydrogen-bond acceptors (Lipinski definition) is 4. The molecular weight excluding hydrogens is 280 g/mol. The lowest BCUT2D eigenvalue weighted by Gasteiger charge is -2.17. The SMILES string of the molecule is CCn1nnnc1NC(=O)NC1CCCc2ccccc2C1. The number of tetrazole rings is 1. The summed E-state index contributed by atoms with van der Waals surface area (Å²) < 4.78 is 1.54. The van der Waals surface area contributed by atoms with Gasteiger partial charge >= 0.3 is 6.03 Å². The first-order valence-corrected chi connectivity index (χ1v) is 7.66. The molecule has 7 heteroatoms. The molecule has 1 unspecified atom stereocenters. The molecule has 0 saturated heterocycles. The summed E-state index contributed by atoms with van der Waals surface area (Å²) in [4.78, 5) is 12.1. The van der Waals surface area contributed by atoms with Crippen LogP contribution >= 0.6 is 0 Å². The van der Waals surface area contributed by atoms with Gasteiger partial charge in [0.15, 0.2) is 0 Å². The Morgan fingerprint density at radius 3 is 3.00 bits per heavy atom. The number of benzene rings is 1. The van der Waals surface area contributed by atoms with E-state index in [1.54, 1.807) is 4.68 Å². The maximum Gasteiger partial charge on any atom is 0.321 e. The van der Waals surface area contributed by atoms with Gasteiger partial charge in [0.2, 0.25) is 0 Å². The summed E-state index contributed by atoms with van der Waals surface area (Å²) in [5, 5.41) is 16.9. The Kier molecular flexibility index (Phi) is 4.32. The average molecular weight is 300 g/mol. The van der Waals surface area contributed by atoms with Gasteiger partial charge in [-0.25, -0.2) is 9.48 Å². The van der Waals surface area contributed by atoms with Crippen molar-refractivity contribution in [2.45, 2.75) is 45.2 Å². The second-order valence-corrected chi connectivity index (χ2v) is 5.48. The molecule has 1 aromatic heterocycles. The molecule has 1 aliphatic rings. The Morgan fingerprint density at radius 1 is 1.36 bits per heavy atom. The van der Waals surface area contributed by atoms with Gasteiger partial charge in [0.1, 0.15) is 0 Å². The van der Waals surface area contributed by atoms with Gasteiger partial charge in [-0.15, -0.1) is 0 Å². The van der Waals surface area contributed by atoms with Gasteiger partial charge in [0, 0.05) is 12.6 Å². The van der Waals surface area contributed by atoms with Gasteiger partial charge in [-0.1, -0.05) is 29.4 Å². The predicted octanol–water partition coefficient (Wildman–Crippen LogP) is 1.76. The van der Waals surface area contributed by atoms with E-state index in [0.717, 1.165) is 25.7 Å². The molecular formula is C15H20N6O. The second kappa shape index (κ2) is 6.55. The van der Waals surface area contributed by atoms with E-state index >= 15 is 0 Å². The monoisotopic (exact) mass is 300 g/mol. The molecule has 1 atom stereocenters. The highest BCUT2D eigenvalue weighted by Gasteiger charge is 2.19. The van der Waals surface area contributed by atoms with Crippen LogP contribution in [0.2, 0.25) is 0 Å². The quantitative estimate of drug-likeness (QED) is 0.846. The standard InChI is InChI=1S/C15H20N6O/c1-2-21-14(18-19-20-21)17-15(22)16-13-9-5-8-11-6-3-4-7-12(11)10-13/h3-4,6-7,13H,2,5,8-10H2,1H3,(H2,16,17,18,20,22). The van der Waals surface area contributed by atoms with Crippen LogP contribution in [0.5, 0.6) is 0 Å². The zero-order valence-electron chi connectivity index (χ0n) is 12.6. The number of carbonyl (C=O) groups is 1. The van der Waals surface area contributed by atoms with Crippen LogP contribution in [0, 0.1) is 0 Å². The second-order valence-electron chi connectivity index (χ2n) is 5.48. The van der Waals surface area contributed by atoms with E-state index in [9.17, 15) is 4.79 Å². The van der Waals surface area contributed by atoms with Crippen molar-refractivity contribution in [2.24, 2.45) is 0 Å². The maximum atomic E-state index is 12.1. The van der Waals surface area contributed by atoms with Gasteiger partial charge in [-0.2, -0.15) is 0 Å². The molecule has 22 heavy (non-hydrogen) atoms. The molecule has 0 aliphatic heterocycles. The molecule has 0 saturated carbocycles. The summed E-state index contributed by atoms with van der Waals surface area (Å²) in [7, 11) is 0. The molecule has 2 aromatic rings. The number of carbonyl (C=O) groups excluding carboxylic acids is 1. The summed E-state index contributed by atoms with van der Waals surface area (Å²) in [5.74, 6) is 0.369. The molecule has 0 radical (unpaired) electrons. The van der Waals surface area contributed by atoms with Crippen LogP contribution in [0.15, 0.2) is 24.3 Å². The number of urea groups is 1. The van der Waals surface area contributed by atoms with Crippen LogP contribution in [0.3, 0.4) is 0 Å². The van der Waals surface area contributed by atoms with Crippen molar-refractivity contribution in [1.29, 1.82) is 0 Å². The Hall–Kier alpha value is -2.44. The van der Waals surface area contributed by atoms with E-state index in [0.29, 0.717) is 12.5 Å². The Morgan fingerprint density at radius 2 is 2.18 bits per heavy atom. The molecule has 2 amide bonds. The smallest absolute Gasteiger partial charge is 0.321 e. The van der Waals surface area contributed by atoms with Crippen molar-refractivity contribution < 1.29 is 4.79 Å². The van der Waals surface area contributed by atoms with Crippen molar-refractivity contribution in [3.63, 3.8) is 0 Å². The molecule has 0 bridgehead atoms. The average Bonchev–Trinajstić information content (AvgIpc) is 2.85. The largest absolute Gasteiger partial charge is 0.335 e. The fourth-order valence-electron chi connectivity index (χ4n) is 2.86. The molecule has 0 fully saturated rings. The van der Waals surface area contributed by atoms with E-state index < -0.39 is 0 Å². The third-order valence-electron chi connectivity index (χ3n) is 3.98. The van der Waals surface area contributed by atoms with Gasteiger partial charge in [0.25, 0.3) is 5.95 Å². The third kappa shape index (κ3) is 3.24. The van der Waals surface area contributed by atoms with Crippen LogP contribution in [-0.4, -0.2) is 32.3 Å². The third-order valence-corrected chi connectivity index (χ3v) is 3.98. The molecule has 1 heterocycles. The van der Waals surface area contributed by atoms with Crippen molar-refractivity contribution in [2.75, 3.05) is 5.32 Å². The van der Waals surface area contributed by atoms with E-state index in [1.165, 1.54) is 11.1 Å². The number of nitrogens with zero attached hydrogens (tertiary/aromatic N) is 4. The van der Waals surface area contributed by atoms with Crippen molar-refractivity contribution in [3.8, 4) is 0 Å². The van der Waals surface area contributed by atoms with E-state index in [4.69, 9.17) is 0 Å². The minimum Gasteiger partial charge on any atom is -0.335 e. The predicted molar refractivity (Wildman–Crippen MR) is 82.5 cm³/mol. The summed E-state index contributed by atoms with van der Waals surface area (Å²) in [6, 6.07) is 8.32. The number of aryl methyl sites for hydroxylation is 2. The van der Waals surface area contributed by atoms with Crippen LogP contribution < -0.4 is 10.6 Å². The normalized spacial score (nSPS) is 17.4. The van der Waals surface area contributed by atoms with E-state index in [2.05, 4.69) is 50.4 Å². The Bertz CT molecular complexity index is 653. The van der Waals surface area contributed by atoms with Gasteiger partial charge in [0.05, 0.1) is 0 Å². The molecule has 3 rings (SSSR count). The van der Waals surface area contributed by atoms with Crippen molar-refractivity contribution in [1.82, 2.24) is 25.5 Å². The molecule has 0 spiro atoms. The molecule has 7 nitrogen and oxygen atoms in total. The molecule has 2 N–H and O–H groups in total. The number of rotatable bonds is 3. The zero-order chi connectivity index (χ0) is 15.4. The molecule has 1 aromatic carbocycles. The van der Waals surface area contributed by atoms with Crippen molar-refractivity contribution >= 4 is 12.0 Å². The van der Waals surface area contributed by atoms with Gasteiger partial charge in [-0.3, -0.25) is 5.32 Å². The molecule has 1 aliphatic carbocycles. The number of anilines is 1. The topological polar surface area (TPSA) is 84.7 Å².